The van der Waals surface area contributed by atoms with Crippen LogP contribution in [0.4, 0.5) is 11.4 Å². The summed E-state index contributed by atoms with van der Waals surface area (Å²) in [4.78, 5) is 44.5. The van der Waals surface area contributed by atoms with Gasteiger partial charge in [-0.2, -0.15) is 0 Å². The molecule has 0 aliphatic carbocycles. The molecule has 0 spiro atoms. The van der Waals surface area contributed by atoms with Crippen LogP contribution in [-0.2, 0) is 14.4 Å². The van der Waals surface area contributed by atoms with E-state index in [9.17, 15) is 14.4 Å². The number of nitrogens with zero attached hydrogens (tertiary/aromatic N) is 3. The van der Waals surface area contributed by atoms with E-state index in [4.69, 9.17) is 9.47 Å². The maximum atomic E-state index is 13.2. The second-order valence-electron chi connectivity index (χ2n) is 9.04. The summed E-state index contributed by atoms with van der Waals surface area (Å²) < 4.78 is 10.9. The van der Waals surface area contributed by atoms with Crippen LogP contribution in [0.3, 0.4) is 0 Å². The van der Waals surface area contributed by atoms with Crippen molar-refractivity contribution in [2.24, 2.45) is 0 Å². The van der Waals surface area contributed by atoms with Crippen molar-refractivity contribution in [3.8, 4) is 11.5 Å². The summed E-state index contributed by atoms with van der Waals surface area (Å²) in [7, 11) is 1.66. The molecule has 0 radical (unpaired) electrons. The summed E-state index contributed by atoms with van der Waals surface area (Å²) in [6.45, 7) is 6.40. The number of carbonyl (C=O) groups is 3. The van der Waals surface area contributed by atoms with Gasteiger partial charge in [-0.05, 0) is 43.3 Å². The molecule has 2 saturated heterocycles. The fourth-order valence-electron chi connectivity index (χ4n) is 4.72. The van der Waals surface area contributed by atoms with Crippen molar-refractivity contribution in [2.45, 2.75) is 19.4 Å². The molecule has 2 fully saturated rings. The fourth-order valence-corrected chi connectivity index (χ4v) is 4.72. The molecule has 0 saturated carbocycles. The molecule has 2 aromatic rings. The van der Waals surface area contributed by atoms with Gasteiger partial charge in [0.25, 0.3) is 0 Å². The second-order valence-corrected chi connectivity index (χ2v) is 9.04. The van der Waals surface area contributed by atoms with Crippen molar-refractivity contribution in [1.82, 2.24) is 15.1 Å². The van der Waals surface area contributed by atoms with E-state index in [1.54, 1.807) is 36.3 Å². The van der Waals surface area contributed by atoms with Gasteiger partial charge in [0, 0.05) is 45.0 Å². The lowest BCUT2D eigenvalue weighted by Crippen LogP contribution is -2.60. The lowest BCUT2D eigenvalue weighted by atomic mass is 10.1. The van der Waals surface area contributed by atoms with Crippen molar-refractivity contribution in [1.29, 1.82) is 0 Å². The number of carbonyl (C=O) groups excluding carboxylic acids is 3. The second kappa shape index (κ2) is 12.4. The van der Waals surface area contributed by atoms with E-state index in [0.717, 1.165) is 24.5 Å². The minimum absolute atomic E-state index is 0.105. The van der Waals surface area contributed by atoms with Gasteiger partial charge in [-0.1, -0.05) is 12.1 Å². The lowest BCUT2D eigenvalue weighted by Gasteiger charge is -2.39. The van der Waals surface area contributed by atoms with Gasteiger partial charge in [0.2, 0.25) is 17.7 Å². The first-order valence-electron chi connectivity index (χ1n) is 12.7. The monoisotopic (exact) mass is 509 g/mol. The van der Waals surface area contributed by atoms with Crippen molar-refractivity contribution in [3.05, 3.63) is 48.5 Å². The summed E-state index contributed by atoms with van der Waals surface area (Å²) in [6, 6.07) is 14.1. The highest BCUT2D eigenvalue weighted by Gasteiger charge is 2.35. The van der Waals surface area contributed by atoms with Gasteiger partial charge in [0.1, 0.15) is 17.5 Å². The molecule has 0 bridgehead atoms. The van der Waals surface area contributed by atoms with Crippen molar-refractivity contribution >= 4 is 29.1 Å². The van der Waals surface area contributed by atoms with Gasteiger partial charge < -0.3 is 29.9 Å². The Labute approximate surface area is 217 Å². The maximum Gasteiger partial charge on any atom is 0.243 e. The van der Waals surface area contributed by atoms with E-state index in [1.165, 1.54) is 0 Å². The predicted octanol–water partition coefficient (Wildman–Crippen LogP) is 1.57. The van der Waals surface area contributed by atoms with Gasteiger partial charge in [0.15, 0.2) is 0 Å². The number of nitrogens with one attached hydrogen (secondary N) is 2. The van der Waals surface area contributed by atoms with Crippen LogP contribution in [0.5, 0.6) is 11.5 Å². The first-order chi connectivity index (χ1) is 18.0. The summed E-state index contributed by atoms with van der Waals surface area (Å²) in [5.41, 5.74) is 1.65. The van der Waals surface area contributed by atoms with Crippen molar-refractivity contribution < 1.29 is 23.9 Å². The normalized spacial score (nSPS) is 18.2. The Kier molecular flexibility index (Phi) is 8.84. The topological polar surface area (TPSA) is 103 Å². The first kappa shape index (κ1) is 26.3. The summed E-state index contributed by atoms with van der Waals surface area (Å²) in [6.07, 6.45) is -0.105. The number of hydrogen-bond acceptors (Lipinski definition) is 7. The third kappa shape index (κ3) is 6.71. The van der Waals surface area contributed by atoms with Crippen LogP contribution >= 0.6 is 0 Å². The van der Waals surface area contributed by atoms with Crippen LogP contribution in [0.15, 0.2) is 48.5 Å². The SMILES string of the molecule is CCOc1ccc(NC(=O)C[C@@H]2C(=O)NCCN2C(=O)CN2CCN(c3ccccc3OC)CC2)cc1. The van der Waals surface area contributed by atoms with Gasteiger partial charge in [0.05, 0.1) is 32.4 Å². The van der Waals surface area contributed by atoms with E-state index in [0.29, 0.717) is 44.2 Å². The molecule has 0 unspecified atom stereocenters. The Morgan fingerprint density at radius 1 is 1.03 bits per heavy atom. The molecule has 37 heavy (non-hydrogen) atoms. The molecule has 1 atom stereocenters. The van der Waals surface area contributed by atoms with Gasteiger partial charge >= 0.3 is 0 Å². The third-order valence-corrected chi connectivity index (χ3v) is 6.64. The smallest absolute Gasteiger partial charge is 0.243 e. The number of anilines is 2. The predicted molar refractivity (Wildman–Crippen MR) is 141 cm³/mol. The van der Waals surface area contributed by atoms with Crippen LogP contribution in [0.1, 0.15) is 13.3 Å². The first-order valence-corrected chi connectivity index (χ1v) is 12.7. The average Bonchev–Trinajstić information content (AvgIpc) is 2.91. The molecule has 4 rings (SSSR count). The van der Waals surface area contributed by atoms with Gasteiger partial charge in [-0.15, -0.1) is 0 Å². The lowest BCUT2D eigenvalue weighted by molar-refractivity contribution is -0.145. The standard InChI is InChI=1S/C27H35N5O5/c1-3-37-21-10-8-20(9-11-21)29-25(33)18-23-27(35)28-12-13-32(23)26(34)19-30-14-16-31(17-15-30)22-6-4-5-7-24(22)36-2/h4-11,23H,3,12-19H2,1-2H3,(H,28,35)(H,29,33)/t23-/m1/s1. The summed E-state index contributed by atoms with van der Waals surface area (Å²) >= 11 is 0. The highest BCUT2D eigenvalue weighted by molar-refractivity contribution is 5.97. The van der Waals surface area contributed by atoms with Crippen LogP contribution in [0, 0.1) is 0 Å². The maximum absolute atomic E-state index is 13.2. The zero-order chi connectivity index (χ0) is 26.2. The molecule has 2 heterocycles. The zero-order valence-corrected chi connectivity index (χ0v) is 21.4. The minimum atomic E-state index is -0.834. The molecular weight excluding hydrogens is 474 g/mol. The highest BCUT2D eigenvalue weighted by Crippen LogP contribution is 2.28. The number of amides is 3. The number of para-hydroxylation sites is 2. The molecule has 10 nitrogen and oxygen atoms in total. The van der Waals surface area contributed by atoms with E-state index in [2.05, 4.69) is 20.4 Å². The molecule has 198 valence electrons. The number of piperazine rings is 2. The average molecular weight is 510 g/mol. The number of ether oxygens (including phenoxy) is 2. The highest BCUT2D eigenvalue weighted by atomic mass is 16.5. The van der Waals surface area contributed by atoms with Crippen LogP contribution in [-0.4, -0.2) is 93.1 Å². The quantitative estimate of drug-likeness (QED) is 0.529. The molecule has 3 amide bonds. The number of rotatable bonds is 9. The largest absolute Gasteiger partial charge is 0.495 e. The van der Waals surface area contributed by atoms with E-state index >= 15 is 0 Å². The molecule has 0 aromatic heterocycles. The Balaban J connectivity index is 1.31. The van der Waals surface area contributed by atoms with E-state index in [-0.39, 0.29) is 30.7 Å². The van der Waals surface area contributed by atoms with Crippen LogP contribution < -0.4 is 25.0 Å². The summed E-state index contributed by atoms with van der Waals surface area (Å²) in [5, 5.41) is 5.60. The van der Waals surface area contributed by atoms with Crippen molar-refractivity contribution in [3.63, 3.8) is 0 Å². The molecular formula is C27H35N5O5. The Bertz CT molecular complexity index is 1080. The summed E-state index contributed by atoms with van der Waals surface area (Å²) in [5.74, 6) is 0.779. The Hall–Kier alpha value is -3.79. The number of benzene rings is 2. The Morgan fingerprint density at radius 3 is 2.46 bits per heavy atom. The zero-order valence-electron chi connectivity index (χ0n) is 21.4. The van der Waals surface area contributed by atoms with Crippen molar-refractivity contribution in [2.75, 3.05) is 69.7 Å². The van der Waals surface area contributed by atoms with Gasteiger partial charge in [-0.25, -0.2) is 0 Å². The molecule has 2 N–H and O–H groups in total. The third-order valence-electron chi connectivity index (χ3n) is 6.64. The number of methoxy groups -OCH3 is 1. The fraction of sp³-hybridized carbons (Fsp3) is 0.444. The van der Waals surface area contributed by atoms with Gasteiger partial charge in [-0.3, -0.25) is 19.3 Å². The number of hydrogen-bond donors (Lipinski definition) is 2. The van der Waals surface area contributed by atoms with Crippen LogP contribution in [0.25, 0.3) is 0 Å². The molecule has 2 aliphatic heterocycles. The molecule has 10 heteroatoms. The van der Waals surface area contributed by atoms with E-state index in [1.807, 2.05) is 31.2 Å². The molecule has 2 aliphatic rings. The molecule has 2 aromatic carbocycles. The van der Waals surface area contributed by atoms with E-state index < -0.39 is 6.04 Å². The Morgan fingerprint density at radius 2 is 1.76 bits per heavy atom. The minimum Gasteiger partial charge on any atom is -0.495 e. The van der Waals surface area contributed by atoms with Crippen LogP contribution in [0.2, 0.25) is 0 Å².